The van der Waals surface area contributed by atoms with E-state index >= 15 is 0 Å². The number of hydrogen-bond acceptors (Lipinski definition) is 5. The van der Waals surface area contributed by atoms with Gasteiger partial charge in [-0.3, -0.25) is 14.7 Å². The number of aromatic nitrogens is 3. The van der Waals surface area contributed by atoms with Gasteiger partial charge >= 0.3 is 0 Å². The van der Waals surface area contributed by atoms with Crippen LogP contribution in [0.1, 0.15) is 35.2 Å². The molecular formula is C21H19N5O3. The molecule has 8 nitrogen and oxygen atoms in total. The second-order valence-electron chi connectivity index (χ2n) is 7.06. The Bertz CT molecular complexity index is 1120. The molecule has 2 heterocycles. The van der Waals surface area contributed by atoms with E-state index in [1.165, 1.54) is 10.9 Å². The molecule has 1 saturated carbocycles. The molecule has 0 saturated heterocycles. The lowest BCUT2D eigenvalue weighted by Gasteiger charge is -2.12. The highest BCUT2D eigenvalue weighted by Crippen LogP contribution is 2.19. The molecule has 0 bridgehead atoms. The number of benzene rings is 1. The number of hydrogen-bond donors (Lipinski definition) is 3. The molecule has 8 heteroatoms. The number of nitrogens with one attached hydrogen (secondary N) is 2. The second kappa shape index (κ2) is 7.73. The van der Waals surface area contributed by atoms with Crippen molar-refractivity contribution in [2.24, 2.45) is 0 Å². The number of H-pyrrole nitrogens is 1. The Balaban J connectivity index is 1.52. The van der Waals surface area contributed by atoms with E-state index in [1.807, 2.05) is 6.07 Å². The van der Waals surface area contributed by atoms with Gasteiger partial charge in [-0.1, -0.05) is 12.1 Å². The van der Waals surface area contributed by atoms with Crippen molar-refractivity contribution in [3.8, 4) is 23.0 Å². The maximum atomic E-state index is 12.7. The van der Waals surface area contributed by atoms with Crippen molar-refractivity contribution in [3.05, 3.63) is 70.3 Å². The minimum Gasteiger partial charge on any atom is -0.393 e. The molecule has 29 heavy (non-hydrogen) atoms. The normalized spacial score (nSPS) is 18.3. The lowest BCUT2D eigenvalue weighted by molar-refractivity contribution is 0.0933. The average molecular weight is 389 g/mol. The van der Waals surface area contributed by atoms with Crippen LogP contribution in [-0.2, 0) is 0 Å². The Labute approximate surface area is 166 Å². The zero-order valence-corrected chi connectivity index (χ0v) is 15.5. The van der Waals surface area contributed by atoms with E-state index in [-0.39, 0.29) is 23.6 Å². The van der Waals surface area contributed by atoms with Crippen LogP contribution >= 0.6 is 0 Å². The van der Waals surface area contributed by atoms with Crippen LogP contribution < -0.4 is 10.9 Å². The quantitative estimate of drug-likeness (QED) is 0.627. The number of nitriles is 1. The Kier molecular flexibility index (Phi) is 4.97. The largest absolute Gasteiger partial charge is 0.393 e. The summed E-state index contributed by atoms with van der Waals surface area (Å²) in [6.07, 6.45) is 4.66. The van der Waals surface area contributed by atoms with Gasteiger partial charge in [-0.25, -0.2) is 9.67 Å². The van der Waals surface area contributed by atoms with Crippen LogP contribution in [0.25, 0.3) is 16.9 Å². The predicted molar refractivity (Wildman–Crippen MR) is 105 cm³/mol. The first-order chi connectivity index (χ1) is 14.0. The maximum absolute atomic E-state index is 12.7. The number of carbonyl (C=O) groups excluding carboxylic acids is 1. The fraction of sp³-hybridized carbons (Fsp3) is 0.238. The van der Waals surface area contributed by atoms with E-state index in [4.69, 9.17) is 5.26 Å². The van der Waals surface area contributed by atoms with Crippen molar-refractivity contribution >= 4 is 5.91 Å². The van der Waals surface area contributed by atoms with E-state index in [2.05, 4.69) is 15.4 Å². The number of rotatable bonds is 4. The number of aliphatic hydroxyl groups is 1. The smallest absolute Gasteiger partial charge is 0.280 e. The second-order valence-corrected chi connectivity index (χ2v) is 7.06. The van der Waals surface area contributed by atoms with Gasteiger partial charge in [0.2, 0.25) is 0 Å². The molecule has 1 aromatic carbocycles. The van der Waals surface area contributed by atoms with Gasteiger partial charge in [0.25, 0.3) is 11.5 Å². The van der Waals surface area contributed by atoms with Crippen LogP contribution in [0.5, 0.6) is 0 Å². The van der Waals surface area contributed by atoms with Gasteiger partial charge in [0.15, 0.2) is 5.82 Å². The standard InChI is InChI=1S/C21H19N5O3/c22-10-13-1-3-14(4-2-13)18-12-24-26(21(18)29)19-8-5-15(11-23-19)20(28)25-16-6-7-17(27)9-16/h1-5,8,11-12,16-17,24,27H,6-7,9H2,(H,25,28). The number of pyridine rings is 1. The fourth-order valence-corrected chi connectivity index (χ4v) is 3.48. The summed E-state index contributed by atoms with van der Waals surface area (Å²) in [5.74, 6) is 0.114. The first-order valence-corrected chi connectivity index (χ1v) is 9.31. The summed E-state index contributed by atoms with van der Waals surface area (Å²) in [4.78, 5) is 29.3. The highest BCUT2D eigenvalue weighted by molar-refractivity contribution is 5.94. The monoisotopic (exact) mass is 389 g/mol. The van der Waals surface area contributed by atoms with Gasteiger partial charge < -0.3 is 10.4 Å². The van der Waals surface area contributed by atoms with Crippen LogP contribution in [0.4, 0.5) is 0 Å². The summed E-state index contributed by atoms with van der Waals surface area (Å²) in [6.45, 7) is 0. The molecule has 0 aliphatic heterocycles. The topological polar surface area (TPSA) is 124 Å². The third-order valence-electron chi connectivity index (χ3n) is 5.08. The summed E-state index contributed by atoms with van der Waals surface area (Å²) in [6, 6.07) is 12.0. The Hall–Kier alpha value is -3.70. The minimum absolute atomic E-state index is 0.0295. The van der Waals surface area contributed by atoms with E-state index in [9.17, 15) is 14.7 Å². The van der Waals surface area contributed by atoms with E-state index in [0.717, 1.165) is 6.42 Å². The lowest BCUT2D eigenvalue weighted by atomic mass is 10.1. The predicted octanol–water partition coefficient (Wildman–Crippen LogP) is 1.74. The van der Waals surface area contributed by atoms with Crippen LogP contribution in [0.15, 0.2) is 53.6 Å². The molecule has 2 unspecified atom stereocenters. The third kappa shape index (κ3) is 3.81. The molecule has 0 radical (unpaired) electrons. The van der Waals surface area contributed by atoms with Crippen molar-refractivity contribution in [2.45, 2.75) is 31.4 Å². The number of amides is 1. The van der Waals surface area contributed by atoms with Gasteiger partial charge in [0.05, 0.1) is 28.9 Å². The first-order valence-electron chi connectivity index (χ1n) is 9.31. The highest BCUT2D eigenvalue weighted by Gasteiger charge is 2.24. The van der Waals surface area contributed by atoms with Crippen molar-refractivity contribution in [1.82, 2.24) is 20.1 Å². The van der Waals surface area contributed by atoms with Crippen molar-refractivity contribution in [1.29, 1.82) is 5.26 Å². The molecule has 3 N–H and O–H groups in total. The Morgan fingerprint density at radius 3 is 2.66 bits per heavy atom. The van der Waals surface area contributed by atoms with Gasteiger partial charge in [-0.05, 0) is 49.1 Å². The Morgan fingerprint density at radius 2 is 2.03 bits per heavy atom. The molecule has 0 spiro atoms. The lowest BCUT2D eigenvalue weighted by Crippen LogP contribution is -2.33. The van der Waals surface area contributed by atoms with Gasteiger partial charge in [-0.2, -0.15) is 5.26 Å². The summed E-state index contributed by atoms with van der Waals surface area (Å²) in [7, 11) is 0. The third-order valence-corrected chi connectivity index (χ3v) is 5.08. The first kappa shape index (κ1) is 18.7. The number of aliphatic hydroxyl groups excluding tert-OH is 1. The molecule has 1 amide bonds. The molecule has 1 fully saturated rings. The molecular weight excluding hydrogens is 370 g/mol. The number of aromatic amines is 1. The highest BCUT2D eigenvalue weighted by atomic mass is 16.3. The van der Waals surface area contributed by atoms with Gasteiger partial charge in [0, 0.05) is 18.4 Å². The molecule has 1 aliphatic rings. The van der Waals surface area contributed by atoms with Crippen LogP contribution in [0.2, 0.25) is 0 Å². The van der Waals surface area contributed by atoms with Crippen LogP contribution in [0.3, 0.4) is 0 Å². The molecule has 3 aromatic rings. The summed E-state index contributed by atoms with van der Waals surface area (Å²) >= 11 is 0. The van der Waals surface area contributed by atoms with Crippen LogP contribution in [-0.4, -0.2) is 37.9 Å². The van der Waals surface area contributed by atoms with E-state index in [0.29, 0.717) is 40.9 Å². The Morgan fingerprint density at radius 1 is 1.24 bits per heavy atom. The van der Waals surface area contributed by atoms with Gasteiger partial charge in [0.1, 0.15) is 0 Å². The van der Waals surface area contributed by atoms with Crippen molar-refractivity contribution < 1.29 is 9.90 Å². The zero-order valence-electron chi connectivity index (χ0n) is 15.5. The molecule has 2 aromatic heterocycles. The number of nitrogens with zero attached hydrogens (tertiary/aromatic N) is 3. The molecule has 146 valence electrons. The molecule has 1 aliphatic carbocycles. The molecule has 4 rings (SSSR count). The summed E-state index contributed by atoms with van der Waals surface area (Å²) in [5, 5.41) is 24.2. The maximum Gasteiger partial charge on any atom is 0.280 e. The summed E-state index contributed by atoms with van der Waals surface area (Å²) in [5.41, 5.74) is 1.78. The van der Waals surface area contributed by atoms with E-state index < -0.39 is 0 Å². The SMILES string of the molecule is N#Cc1ccc(-c2c[nH]n(-c3ccc(C(=O)NC4CCC(O)C4)cn3)c2=O)cc1. The number of carbonyl (C=O) groups is 1. The van der Waals surface area contributed by atoms with Crippen molar-refractivity contribution in [3.63, 3.8) is 0 Å². The average Bonchev–Trinajstić information content (AvgIpc) is 3.33. The fourth-order valence-electron chi connectivity index (χ4n) is 3.48. The zero-order chi connectivity index (χ0) is 20.4. The van der Waals surface area contributed by atoms with Gasteiger partial charge in [-0.15, -0.1) is 0 Å². The van der Waals surface area contributed by atoms with E-state index in [1.54, 1.807) is 42.6 Å². The van der Waals surface area contributed by atoms with Crippen LogP contribution in [0, 0.1) is 11.3 Å². The molecule has 2 atom stereocenters. The minimum atomic E-state index is -0.356. The summed E-state index contributed by atoms with van der Waals surface area (Å²) < 4.78 is 1.29. The van der Waals surface area contributed by atoms with Crippen molar-refractivity contribution in [2.75, 3.05) is 0 Å².